The first-order chi connectivity index (χ1) is 30.7. The molecule has 1 aliphatic rings. The molecule has 4 heteroatoms. The lowest BCUT2D eigenvalue weighted by Gasteiger charge is -2.27. The first-order valence-electron chi connectivity index (χ1n) is 21.2. The molecule has 0 amide bonds. The minimum absolute atomic E-state index is 0.720. The molecule has 8 aromatic carbocycles. The lowest BCUT2D eigenvalue weighted by atomic mass is 9.90. The van der Waals surface area contributed by atoms with Crippen molar-refractivity contribution in [2.24, 2.45) is 0 Å². The highest BCUT2D eigenvalue weighted by Gasteiger charge is 2.19. The average Bonchev–Trinajstić information content (AvgIpc) is 3.88. The number of nitrogens with zero attached hydrogens (tertiary/aromatic N) is 2. The van der Waals surface area contributed by atoms with Gasteiger partial charge in [-0.2, -0.15) is 0 Å². The molecule has 0 saturated carbocycles. The number of aryl methyl sites for hydroxylation is 1. The number of allylic oxidation sites excluding steroid dienone is 4. The number of hydrogen-bond donors (Lipinski definition) is 0. The Labute approximate surface area is 375 Å². The monoisotopic (exact) mass is 908 g/mol. The van der Waals surface area contributed by atoms with Crippen molar-refractivity contribution < 1.29 is 4.42 Å². The van der Waals surface area contributed by atoms with E-state index in [1.54, 1.807) is 0 Å². The highest BCUT2D eigenvalue weighted by Crippen LogP contribution is 2.39. The van der Waals surface area contributed by atoms with Crippen molar-refractivity contribution >= 4 is 83.8 Å². The van der Waals surface area contributed by atoms with Crippen LogP contribution in [0.4, 0.5) is 11.4 Å². The van der Waals surface area contributed by atoms with Crippen molar-refractivity contribution in [3.8, 4) is 27.9 Å². The number of anilines is 2. The van der Waals surface area contributed by atoms with Crippen LogP contribution in [0.3, 0.4) is 0 Å². The van der Waals surface area contributed by atoms with Gasteiger partial charge in [-0.15, -0.1) is 0 Å². The van der Waals surface area contributed by atoms with Crippen LogP contribution in [0.25, 0.3) is 77.8 Å². The van der Waals surface area contributed by atoms with E-state index in [1.165, 1.54) is 44.3 Å². The van der Waals surface area contributed by atoms with Crippen LogP contribution in [0.1, 0.15) is 23.1 Å². The summed E-state index contributed by atoms with van der Waals surface area (Å²) in [6.45, 7) is 0. The number of benzene rings is 7. The first-order valence-corrected chi connectivity index (χ1v) is 22.8. The zero-order valence-corrected chi connectivity index (χ0v) is 36.2. The first kappa shape index (κ1) is 37.9. The van der Waals surface area contributed by atoms with Gasteiger partial charge in [-0.05, 0) is 131 Å². The smallest absolute Gasteiger partial charge is 0.137 e. The molecule has 0 N–H and O–H groups in total. The molecule has 0 atom stereocenters. The second-order valence-corrected chi connectivity index (χ2v) is 16.7. The fourth-order valence-electron chi connectivity index (χ4n) is 9.26. The maximum Gasteiger partial charge on any atom is 0.137 e. The van der Waals surface area contributed by atoms with E-state index in [1.807, 2.05) is 18.2 Å². The molecule has 1 aliphatic carbocycles. The Morgan fingerprint density at radius 3 is 2.29 bits per heavy atom. The predicted octanol–water partition coefficient (Wildman–Crippen LogP) is 15.8. The molecule has 0 fully saturated rings. The number of rotatable bonds is 10. The van der Waals surface area contributed by atoms with Gasteiger partial charge in [0.25, 0.3) is 0 Å². The van der Waals surface area contributed by atoms with E-state index in [-0.39, 0.29) is 0 Å². The van der Waals surface area contributed by atoms with Gasteiger partial charge in [-0.3, -0.25) is 0 Å². The molecule has 0 bridgehead atoms. The molecule has 0 spiro atoms. The van der Waals surface area contributed by atoms with Crippen molar-refractivity contribution in [3.63, 3.8) is 0 Å². The third-order valence-corrected chi connectivity index (χ3v) is 12.7. The van der Waals surface area contributed by atoms with Crippen molar-refractivity contribution in [1.82, 2.24) is 4.57 Å². The van der Waals surface area contributed by atoms with E-state index < -0.39 is 0 Å². The van der Waals surface area contributed by atoms with Crippen LogP contribution >= 0.6 is 22.6 Å². The molecule has 11 rings (SSSR count). The Bertz CT molecular complexity index is 3350. The molecular weight excluding hydrogens is 868 g/mol. The van der Waals surface area contributed by atoms with Crippen LogP contribution in [0.5, 0.6) is 0 Å². The summed E-state index contributed by atoms with van der Waals surface area (Å²) >= 11 is 2.44. The summed E-state index contributed by atoms with van der Waals surface area (Å²) in [5, 5.41) is 4.61. The van der Waals surface area contributed by atoms with E-state index >= 15 is 0 Å². The van der Waals surface area contributed by atoms with E-state index in [9.17, 15) is 0 Å². The van der Waals surface area contributed by atoms with E-state index in [0.717, 1.165) is 84.8 Å². The Balaban J connectivity index is 1.02. The number of alkyl halides is 1. The van der Waals surface area contributed by atoms with Crippen LogP contribution in [0.2, 0.25) is 0 Å². The lowest BCUT2D eigenvalue weighted by Crippen LogP contribution is -2.15. The van der Waals surface area contributed by atoms with Crippen LogP contribution in [0, 0.1) is 12.1 Å². The third-order valence-electron chi connectivity index (χ3n) is 12.2. The summed E-state index contributed by atoms with van der Waals surface area (Å²) in [5.74, 6) is 0. The van der Waals surface area contributed by atoms with Gasteiger partial charge in [0, 0.05) is 49.1 Å². The number of furan rings is 1. The van der Waals surface area contributed by atoms with Crippen molar-refractivity contribution in [2.45, 2.75) is 19.3 Å². The molecule has 0 aliphatic heterocycles. The van der Waals surface area contributed by atoms with Gasteiger partial charge in [0.2, 0.25) is 0 Å². The molecule has 2 heterocycles. The molecule has 0 radical (unpaired) electrons. The minimum atomic E-state index is 0.720. The van der Waals surface area contributed by atoms with Gasteiger partial charge in [0.15, 0.2) is 0 Å². The number of fused-ring (bicyclic) bond motifs is 7. The van der Waals surface area contributed by atoms with Gasteiger partial charge in [-0.25, -0.2) is 0 Å². The topological polar surface area (TPSA) is 21.3 Å². The average molecular weight is 909 g/mol. The fourth-order valence-corrected chi connectivity index (χ4v) is 9.51. The Hall–Kier alpha value is -7.07. The molecule has 3 nitrogen and oxygen atoms in total. The quantitative estimate of drug-likeness (QED) is 0.0775. The number of para-hydroxylation sites is 1. The Kier molecular flexibility index (Phi) is 10.0. The van der Waals surface area contributed by atoms with Gasteiger partial charge < -0.3 is 13.9 Å². The van der Waals surface area contributed by atoms with Gasteiger partial charge >= 0.3 is 0 Å². The zero-order chi connectivity index (χ0) is 41.4. The normalized spacial score (nSPS) is 12.8. The second-order valence-electron chi connectivity index (χ2n) is 15.8. The van der Waals surface area contributed by atoms with E-state index in [4.69, 9.17) is 4.42 Å². The number of aromatic nitrogens is 1. The molecule has 10 aromatic rings. The summed E-state index contributed by atoms with van der Waals surface area (Å²) in [6.07, 6.45) is 14.4. The maximum atomic E-state index is 6.36. The van der Waals surface area contributed by atoms with Gasteiger partial charge in [0.1, 0.15) is 16.7 Å². The standard InChI is InChI=1S/C58H41IN2O/c59-38-12-18-45(35-30-44-17-11-24-55-58(44)53-21-6-8-23-54(53)61(55)48-36-37-52-51-20-7-9-25-56(51)62-57(52)39-48)60(46-31-26-41(27-32-46)40-13-2-1-3-14-40)47-33-28-43(29-34-47)50-22-10-16-42-15-4-5-19-49(42)50/h1-3,5-7,9-14,16-22,24-29,31-37,39H,4,15,30,38H2/b18-12-,45-35+. The molecule has 2 aromatic heterocycles. The highest BCUT2D eigenvalue weighted by atomic mass is 127. The van der Waals surface area contributed by atoms with Crippen molar-refractivity contribution in [2.75, 3.05) is 9.33 Å². The maximum absolute atomic E-state index is 6.36. The lowest BCUT2D eigenvalue weighted by molar-refractivity contribution is 0.668. The molecule has 0 saturated heterocycles. The van der Waals surface area contributed by atoms with Crippen molar-refractivity contribution in [1.29, 1.82) is 0 Å². The summed E-state index contributed by atoms with van der Waals surface area (Å²) in [4.78, 5) is 2.40. The Morgan fingerprint density at radius 1 is 0.694 bits per heavy atom. The molecule has 0 unspecified atom stereocenters. The number of halogens is 1. The van der Waals surface area contributed by atoms with Crippen LogP contribution in [-0.2, 0) is 12.8 Å². The number of hydrogen-bond acceptors (Lipinski definition) is 2. The summed E-state index contributed by atoms with van der Waals surface area (Å²) in [7, 11) is 0. The summed E-state index contributed by atoms with van der Waals surface area (Å²) < 4.78 is 9.56. The largest absolute Gasteiger partial charge is 0.456 e. The van der Waals surface area contributed by atoms with Crippen LogP contribution in [0.15, 0.2) is 204 Å². The predicted molar refractivity (Wildman–Crippen MR) is 269 cm³/mol. The van der Waals surface area contributed by atoms with Crippen LogP contribution in [-0.4, -0.2) is 8.99 Å². The minimum Gasteiger partial charge on any atom is -0.456 e. The molecule has 296 valence electrons. The molecular formula is C58H41IN2O. The van der Waals surface area contributed by atoms with E-state index in [0.29, 0.717) is 0 Å². The van der Waals surface area contributed by atoms with Crippen molar-refractivity contribution in [3.05, 3.63) is 229 Å². The zero-order valence-electron chi connectivity index (χ0n) is 34.1. The summed E-state index contributed by atoms with van der Waals surface area (Å²) in [5.41, 5.74) is 17.1. The van der Waals surface area contributed by atoms with Gasteiger partial charge in [-0.1, -0.05) is 156 Å². The Morgan fingerprint density at radius 2 is 1.45 bits per heavy atom. The van der Waals surface area contributed by atoms with Crippen LogP contribution < -0.4 is 4.90 Å². The summed E-state index contributed by atoms with van der Waals surface area (Å²) in [6, 6.07) is 67.7. The third kappa shape index (κ3) is 6.89. The van der Waals surface area contributed by atoms with E-state index in [2.05, 4.69) is 226 Å². The molecule has 62 heavy (non-hydrogen) atoms. The SMILES string of the molecule is IC/C=C\C(=C/Cc1cccc2c1c1ccc#cc1n2-c1ccc2c(c1)oc1ccccc12)N(c1ccc(-c2ccccc2)cc1)c1ccc(-c2cccc3c2C=CCC3)cc1. The van der Waals surface area contributed by atoms with Gasteiger partial charge in [0.05, 0.1) is 11.2 Å². The highest BCUT2D eigenvalue weighted by molar-refractivity contribution is 14.1. The fraction of sp³-hybridized carbons (Fsp3) is 0.0690. The second kappa shape index (κ2) is 16.4.